The average Bonchev–Trinajstić information content (AvgIpc) is 3.24. The lowest BCUT2D eigenvalue weighted by Crippen LogP contribution is -2.45. The van der Waals surface area contributed by atoms with Crippen molar-refractivity contribution < 1.29 is 19.4 Å². The number of carboxylic acids is 1. The summed E-state index contributed by atoms with van der Waals surface area (Å²) >= 11 is 0. The predicted molar refractivity (Wildman–Crippen MR) is 91.7 cm³/mol. The summed E-state index contributed by atoms with van der Waals surface area (Å²) in [5.74, 6) is -2.60. The summed E-state index contributed by atoms with van der Waals surface area (Å²) in [6.07, 6.45) is 5.52. The first-order chi connectivity index (χ1) is 12.0. The number of aliphatic carboxylic acids is 1. The van der Waals surface area contributed by atoms with Crippen LogP contribution in [-0.4, -0.2) is 39.6 Å². The van der Waals surface area contributed by atoms with Gasteiger partial charge in [0.05, 0.1) is 24.1 Å². The number of nitrogens with zero attached hydrogens (tertiary/aromatic N) is 1. The Bertz CT molecular complexity index is 758. The van der Waals surface area contributed by atoms with E-state index in [-0.39, 0.29) is 18.0 Å². The van der Waals surface area contributed by atoms with Gasteiger partial charge in [-0.1, -0.05) is 48.6 Å². The Hall–Kier alpha value is -2.40. The van der Waals surface area contributed by atoms with E-state index < -0.39 is 29.5 Å². The van der Waals surface area contributed by atoms with E-state index in [0.717, 1.165) is 5.56 Å². The van der Waals surface area contributed by atoms with Crippen LogP contribution in [0.25, 0.3) is 0 Å². The molecule has 5 nitrogen and oxygen atoms in total. The van der Waals surface area contributed by atoms with Crippen molar-refractivity contribution in [3.8, 4) is 0 Å². The maximum absolute atomic E-state index is 13.3. The second-order valence-corrected chi connectivity index (χ2v) is 7.01. The van der Waals surface area contributed by atoms with Gasteiger partial charge in [-0.05, 0) is 18.9 Å². The smallest absolute Gasteiger partial charge is 0.310 e. The van der Waals surface area contributed by atoms with E-state index in [1.165, 1.54) is 0 Å². The normalized spacial score (nSPS) is 36.5. The number of hydrogen-bond donors (Lipinski definition) is 1. The highest BCUT2D eigenvalue weighted by molar-refractivity contribution is 5.91. The van der Waals surface area contributed by atoms with E-state index in [1.807, 2.05) is 48.2 Å². The standard InChI is InChI=1S/C20H21NO4/c1-3-7-15-20-11-10-14(25-20)16(19(23)24)17(20)18(22)21(15)12(2)13-8-5-4-6-9-13/h3-6,8-12,14-17H,1,7H2,2H3,(H,23,24). The molecule has 1 aromatic carbocycles. The van der Waals surface area contributed by atoms with Crippen LogP contribution >= 0.6 is 0 Å². The number of carbonyl (C=O) groups is 2. The van der Waals surface area contributed by atoms with Crippen LogP contribution in [0, 0.1) is 11.8 Å². The molecule has 3 aliphatic heterocycles. The lowest BCUT2D eigenvalue weighted by Gasteiger charge is -2.36. The number of carbonyl (C=O) groups excluding carboxylic acids is 1. The van der Waals surface area contributed by atoms with Crippen LogP contribution in [0.15, 0.2) is 55.1 Å². The Morgan fingerprint density at radius 1 is 1.44 bits per heavy atom. The van der Waals surface area contributed by atoms with E-state index >= 15 is 0 Å². The molecule has 2 bridgehead atoms. The number of rotatable bonds is 5. The van der Waals surface area contributed by atoms with Crippen molar-refractivity contribution in [3.63, 3.8) is 0 Å². The molecule has 6 unspecified atom stereocenters. The Morgan fingerprint density at radius 3 is 2.80 bits per heavy atom. The van der Waals surface area contributed by atoms with Crippen molar-refractivity contribution in [1.82, 2.24) is 4.90 Å². The molecule has 1 N–H and O–H groups in total. The number of amides is 1. The van der Waals surface area contributed by atoms with Gasteiger partial charge in [0.1, 0.15) is 11.5 Å². The molecule has 6 atom stereocenters. The summed E-state index contributed by atoms with van der Waals surface area (Å²) in [5.41, 5.74) is 0.161. The predicted octanol–water partition coefficient (Wildman–Crippen LogP) is 2.56. The molecule has 1 spiro atoms. The van der Waals surface area contributed by atoms with Crippen LogP contribution in [0.4, 0.5) is 0 Å². The first-order valence-electron chi connectivity index (χ1n) is 8.59. The molecule has 2 fully saturated rings. The zero-order valence-corrected chi connectivity index (χ0v) is 14.0. The zero-order chi connectivity index (χ0) is 17.8. The molecular formula is C20H21NO4. The van der Waals surface area contributed by atoms with Gasteiger partial charge in [0.15, 0.2) is 0 Å². The van der Waals surface area contributed by atoms with Crippen LogP contribution in [0.1, 0.15) is 24.9 Å². The molecule has 1 amide bonds. The van der Waals surface area contributed by atoms with Crippen LogP contribution < -0.4 is 0 Å². The Balaban J connectivity index is 1.78. The van der Waals surface area contributed by atoms with E-state index in [1.54, 1.807) is 12.2 Å². The largest absolute Gasteiger partial charge is 0.481 e. The van der Waals surface area contributed by atoms with Crippen molar-refractivity contribution in [3.05, 3.63) is 60.7 Å². The molecule has 0 aromatic heterocycles. The first-order valence-corrected chi connectivity index (χ1v) is 8.59. The molecule has 3 aliphatic rings. The summed E-state index contributed by atoms with van der Waals surface area (Å²) < 4.78 is 6.11. The molecule has 1 aromatic rings. The molecule has 2 saturated heterocycles. The highest BCUT2D eigenvalue weighted by atomic mass is 16.5. The minimum absolute atomic E-state index is 0.137. The second kappa shape index (κ2) is 5.56. The second-order valence-electron chi connectivity index (χ2n) is 7.01. The van der Waals surface area contributed by atoms with Crippen molar-refractivity contribution >= 4 is 11.9 Å². The van der Waals surface area contributed by atoms with Crippen molar-refractivity contribution in [2.75, 3.05) is 0 Å². The molecule has 0 saturated carbocycles. The van der Waals surface area contributed by atoms with E-state index in [2.05, 4.69) is 6.58 Å². The molecule has 130 valence electrons. The fourth-order valence-corrected chi connectivity index (χ4v) is 4.77. The third kappa shape index (κ3) is 2.05. The molecule has 4 rings (SSSR count). The van der Waals surface area contributed by atoms with Gasteiger partial charge in [0.2, 0.25) is 5.91 Å². The minimum atomic E-state index is -0.971. The lowest BCUT2D eigenvalue weighted by molar-refractivity contribution is -0.149. The van der Waals surface area contributed by atoms with E-state index in [9.17, 15) is 14.7 Å². The van der Waals surface area contributed by atoms with Gasteiger partial charge in [0.25, 0.3) is 0 Å². The molecule has 3 heterocycles. The maximum atomic E-state index is 13.3. The molecule has 0 aliphatic carbocycles. The fourth-order valence-electron chi connectivity index (χ4n) is 4.77. The third-order valence-corrected chi connectivity index (χ3v) is 5.84. The van der Waals surface area contributed by atoms with Gasteiger partial charge in [-0.25, -0.2) is 0 Å². The molecular weight excluding hydrogens is 318 g/mol. The van der Waals surface area contributed by atoms with E-state index in [0.29, 0.717) is 6.42 Å². The summed E-state index contributed by atoms with van der Waals surface area (Å²) in [5, 5.41) is 9.65. The summed E-state index contributed by atoms with van der Waals surface area (Å²) in [4.78, 5) is 26.9. The maximum Gasteiger partial charge on any atom is 0.310 e. The average molecular weight is 339 g/mol. The van der Waals surface area contributed by atoms with E-state index in [4.69, 9.17) is 4.74 Å². The van der Waals surface area contributed by atoms with Gasteiger partial charge in [-0.2, -0.15) is 0 Å². The Morgan fingerprint density at radius 2 is 2.16 bits per heavy atom. The van der Waals surface area contributed by atoms with Gasteiger partial charge in [-0.3, -0.25) is 9.59 Å². The number of hydrogen-bond acceptors (Lipinski definition) is 3. The molecule has 25 heavy (non-hydrogen) atoms. The van der Waals surface area contributed by atoms with Crippen LogP contribution in [0.5, 0.6) is 0 Å². The fraction of sp³-hybridized carbons (Fsp3) is 0.400. The van der Waals surface area contributed by atoms with Crippen LogP contribution in [-0.2, 0) is 14.3 Å². The van der Waals surface area contributed by atoms with Gasteiger partial charge in [-0.15, -0.1) is 6.58 Å². The Labute approximate surface area is 146 Å². The van der Waals surface area contributed by atoms with Crippen molar-refractivity contribution in [1.29, 1.82) is 0 Å². The summed E-state index contributed by atoms with van der Waals surface area (Å²) in [6, 6.07) is 9.37. The highest BCUT2D eigenvalue weighted by Gasteiger charge is 2.71. The monoisotopic (exact) mass is 339 g/mol. The molecule has 5 heteroatoms. The quantitative estimate of drug-likeness (QED) is 0.837. The van der Waals surface area contributed by atoms with Gasteiger partial charge in [0, 0.05) is 0 Å². The number of carboxylic acid groups (broad SMARTS) is 1. The summed E-state index contributed by atoms with van der Waals surface area (Å²) in [6.45, 7) is 5.81. The molecule has 0 radical (unpaired) electrons. The first kappa shape index (κ1) is 16.1. The topological polar surface area (TPSA) is 66.8 Å². The zero-order valence-electron chi connectivity index (χ0n) is 14.0. The number of benzene rings is 1. The highest BCUT2D eigenvalue weighted by Crippen LogP contribution is 2.57. The number of fused-ring (bicyclic) bond motifs is 1. The van der Waals surface area contributed by atoms with Crippen LogP contribution in [0.3, 0.4) is 0 Å². The van der Waals surface area contributed by atoms with Crippen LogP contribution in [0.2, 0.25) is 0 Å². The third-order valence-electron chi connectivity index (χ3n) is 5.84. The van der Waals surface area contributed by atoms with Gasteiger partial charge < -0.3 is 14.7 Å². The SMILES string of the molecule is C=CCC1N(C(C)c2ccccc2)C(=O)C2C(C(=O)O)C3C=CC21O3. The lowest BCUT2D eigenvalue weighted by atomic mass is 9.74. The van der Waals surface area contributed by atoms with Crippen molar-refractivity contribution in [2.45, 2.75) is 37.1 Å². The minimum Gasteiger partial charge on any atom is -0.481 e. The Kier molecular flexibility index (Phi) is 3.58. The van der Waals surface area contributed by atoms with Crippen molar-refractivity contribution in [2.24, 2.45) is 11.8 Å². The number of ether oxygens (including phenoxy) is 1. The summed E-state index contributed by atoms with van der Waals surface area (Å²) in [7, 11) is 0. The number of likely N-dealkylation sites (tertiary alicyclic amines) is 1. The van der Waals surface area contributed by atoms with Gasteiger partial charge >= 0.3 is 5.97 Å².